The zero-order valence-corrected chi connectivity index (χ0v) is 18.8. The van der Waals surface area contributed by atoms with Crippen molar-refractivity contribution in [3.05, 3.63) is 0 Å². The topological polar surface area (TPSA) is 78.9 Å². The summed E-state index contributed by atoms with van der Waals surface area (Å²) < 4.78 is 5.82. The fourth-order valence-electron chi connectivity index (χ4n) is 4.31. The number of unbranched alkanes of at least 4 members (excludes halogenated alkanes) is 3. The van der Waals surface area contributed by atoms with Crippen LogP contribution in [0.5, 0.6) is 0 Å². The number of piperidine rings is 1. The average Bonchev–Trinajstić information content (AvgIpc) is 2.55. The molecule has 164 valence electrons. The maximum atomic E-state index is 12.6. The smallest absolute Gasteiger partial charge is 0.407 e. The third-order valence-corrected chi connectivity index (χ3v) is 6.22. The molecule has 1 amide bonds. The lowest BCUT2D eigenvalue weighted by Gasteiger charge is -2.53. The number of carboxylic acid groups (broad SMARTS) is 1. The molecule has 6 nitrogen and oxygen atoms in total. The van der Waals surface area contributed by atoms with Crippen LogP contribution in [0.25, 0.3) is 0 Å². The van der Waals surface area contributed by atoms with E-state index in [0.717, 1.165) is 51.4 Å². The van der Waals surface area contributed by atoms with Gasteiger partial charge in [-0.15, -0.1) is 0 Å². The molecule has 0 spiro atoms. The Kier molecular flexibility index (Phi) is 9.75. The molecule has 28 heavy (non-hydrogen) atoms. The van der Waals surface area contributed by atoms with E-state index in [1.54, 1.807) is 0 Å². The van der Waals surface area contributed by atoms with Crippen LogP contribution in [0.4, 0.5) is 4.79 Å². The summed E-state index contributed by atoms with van der Waals surface area (Å²) in [5.41, 5.74) is -0.0475. The van der Waals surface area contributed by atoms with E-state index in [1.807, 2.05) is 0 Å². The highest BCUT2D eigenvalue weighted by Crippen LogP contribution is 2.38. The molecule has 1 heterocycles. The summed E-state index contributed by atoms with van der Waals surface area (Å²) in [6.07, 6.45) is 7.91. The van der Waals surface area contributed by atoms with Crippen LogP contribution in [0.3, 0.4) is 0 Å². The average molecular weight is 399 g/mol. The van der Waals surface area contributed by atoms with Crippen LogP contribution >= 0.6 is 0 Å². The molecule has 0 aliphatic carbocycles. The summed E-state index contributed by atoms with van der Waals surface area (Å²) in [6.45, 7) is 10.9. The molecule has 1 unspecified atom stereocenters. The van der Waals surface area contributed by atoms with Gasteiger partial charge in [-0.1, -0.05) is 32.6 Å². The van der Waals surface area contributed by atoms with Crippen LogP contribution < -0.4 is 5.32 Å². The molecule has 1 atom stereocenters. The van der Waals surface area contributed by atoms with Gasteiger partial charge in [-0.3, -0.25) is 9.69 Å². The Morgan fingerprint density at radius 2 is 1.61 bits per heavy atom. The SMILES string of the molecule is CCCCCC(CCCCC(=O)O)NC(=O)OC1CC(C)(C)N(C)C(C)(C)C1. The van der Waals surface area contributed by atoms with Crippen molar-refractivity contribution in [3.63, 3.8) is 0 Å². The molecular formula is C22H42N2O4. The van der Waals surface area contributed by atoms with E-state index in [-0.39, 0.29) is 35.7 Å². The van der Waals surface area contributed by atoms with Crippen LogP contribution in [0, 0.1) is 0 Å². The number of nitrogens with zero attached hydrogens (tertiary/aromatic N) is 1. The summed E-state index contributed by atoms with van der Waals surface area (Å²) in [4.78, 5) is 25.6. The number of alkyl carbamates (subject to hydrolysis) is 1. The molecule has 2 N–H and O–H groups in total. The Morgan fingerprint density at radius 3 is 2.11 bits per heavy atom. The number of rotatable bonds is 11. The maximum Gasteiger partial charge on any atom is 0.407 e. The number of hydrogen-bond donors (Lipinski definition) is 2. The number of carbonyl (C=O) groups is 2. The second kappa shape index (κ2) is 11.0. The lowest BCUT2D eigenvalue weighted by Crippen LogP contribution is -2.60. The molecule has 1 rings (SSSR count). The fraction of sp³-hybridized carbons (Fsp3) is 0.909. The van der Waals surface area contributed by atoms with Crippen molar-refractivity contribution >= 4 is 12.1 Å². The van der Waals surface area contributed by atoms with Gasteiger partial charge in [-0.05, 0) is 54.0 Å². The molecular weight excluding hydrogens is 356 g/mol. The molecule has 0 aromatic heterocycles. The number of aliphatic carboxylic acids is 1. The summed E-state index contributed by atoms with van der Waals surface area (Å²) in [5.74, 6) is -0.762. The molecule has 0 aromatic carbocycles. The molecule has 0 saturated carbocycles. The highest BCUT2D eigenvalue weighted by molar-refractivity contribution is 5.68. The molecule has 0 bridgehead atoms. The Hall–Kier alpha value is -1.30. The predicted octanol–water partition coefficient (Wildman–Crippen LogP) is 4.96. The number of amides is 1. The molecule has 1 aliphatic rings. The van der Waals surface area contributed by atoms with Crippen molar-refractivity contribution in [2.75, 3.05) is 7.05 Å². The second-order valence-corrected chi connectivity index (χ2v) is 9.60. The molecule has 1 fully saturated rings. The van der Waals surface area contributed by atoms with Gasteiger partial charge in [0.2, 0.25) is 0 Å². The van der Waals surface area contributed by atoms with E-state index in [0.29, 0.717) is 6.42 Å². The number of carbonyl (C=O) groups excluding carboxylic acids is 1. The van der Waals surface area contributed by atoms with E-state index < -0.39 is 5.97 Å². The number of carboxylic acids is 1. The summed E-state index contributed by atoms with van der Waals surface area (Å²) in [6, 6.07) is 0.0557. The molecule has 1 saturated heterocycles. The van der Waals surface area contributed by atoms with Gasteiger partial charge in [0.15, 0.2) is 0 Å². The summed E-state index contributed by atoms with van der Waals surface area (Å²) in [7, 11) is 2.14. The van der Waals surface area contributed by atoms with Gasteiger partial charge in [-0.2, -0.15) is 0 Å². The number of nitrogens with one attached hydrogen (secondary N) is 1. The van der Waals surface area contributed by atoms with Crippen LogP contribution in [-0.4, -0.2) is 52.3 Å². The van der Waals surface area contributed by atoms with Crippen molar-refractivity contribution < 1.29 is 19.4 Å². The van der Waals surface area contributed by atoms with Gasteiger partial charge in [0.1, 0.15) is 6.10 Å². The van der Waals surface area contributed by atoms with Crippen LogP contribution in [0.15, 0.2) is 0 Å². The Bertz CT molecular complexity index is 487. The highest BCUT2D eigenvalue weighted by atomic mass is 16.6. The number of likely N-dealkylation sites (tertiary alicyclic amines) is 1. The monoisotopic (exact) mass is 398 g/mol. The van der Waals surface area contributed by atoms with Crippen LogP contribution in [-0.2, 0) is 9.53 Å². The third kappa shape index (κ3) is 8.38. The van der Waals surface area contributed by atoms with Gasteiger partial charge in [0.05, 0.1) is 0 Å². The molecule has 0 radical (unpaired) electrons. The van der Waals surface area contributed by atoms with Gasteiger partial charge in [0.25, 0.3) is 0 Å². The first kappa shape index (κ1) is 24.7. The second-order valence-electron chi connectivity index (χ2n) is 9.60. The van der Waals surface area contributed by atoms with Crippen molar-refractivity contribution in [2.24, 2.45) is 0 Å². The standard InChI is InChI=1S/C22H42N2O4/c1-7-8-9-12-17(13-10-11-14-19(25)26)23-20(27)28-18-15-21(2,3)24(6)22(4,5)16-18/h17-18H,7-16H2,1-6H3,(H,23,27)(H,25,26). The maximum absolute atomic E-state index is 12.6. The van der Waals surface area contributed by atoms with Crippen molar-refractivity contribution in [2.45, 2.75) is 122 Å². The Labute approximate surface area is 171 Å². The highest BCUT2D eigenvalue weighted by Gasteiger charge is 2.44. The van der Waals surface area contributed by atoms with Gasteiger partial charge < -0.3 is 15.2 Å². The normalized spacial score (nSPS) is 20.5. The molecule has 1 aliphatic heterocycles. The number of ether oxygens (including phenoxy) is 1. The summed E-state index contributed by atoms with van der Waals surface area (Å²) in [5, 5.41) is 11.8. The zero-order valence-electron chi connectivity index (χ0n) is 18.8. The van der Waals surface area contributed by atoms with E-state index in [4.69, 9.17) is 9.84 Å². The third-order valence-electron chi connectivity index (χ3n) is 6.22. The first-order valence-corrected chi connectivity index (χ1v) is 10.9. The lowest BCUT2D eigenvalue weighted by atomic mass is 9.79. The van der Waals surface area contributed by atoms with Gasteiger partial charge in [-0.25, -0.2) is 4.79 Å². The summed E-state index contributed by atoms with van der Waals surface area (Å²) >= 11 is 0. The van der Waals surface area contributed by atoms with Crippen molar-refractivity contribution in [1.29, 1.82) is 0 Å². The Morgan fingerprint density at radius 1 is 1.07 bits per heavy atom. The van der Waals surface area contributed by atoms with Gasteiger partial charge in [0, 0.05) is 36.4 Å². The minimum Gasteiger partial charge on any atom is -0.481 e. The first-order chi connectivity index (χ1) is 13.0. The van der Waals surface area contributed by atoms with E-state index in [1.165, 1.54) is 0 Å². The quantitative estimate of drug-likeness (QED) is 0.481. The zero-order chi connectivity index (χ0) is 21.4. The Balaban J connectivity index is 2.57. The van der Waals surface area contributed by atoms with Crippen LogP contribution in [0.2, 0.25) is 0 Å². The van der Waals surface area contributed by atoms with Gasteiger partial charge >= 0.3 is 12.1 Å². The predicted molar refractivity (Wildman–Crippen MR) is 113 cm³/mol. The fourth-order valence-corrected chi connectivity index (χ4v) is 4.31. The van der Waals surface area contributed by atoms with E-state index >= 15 is 0 Å². The van der Waals surface area contributed by atoms with E-state index in [2.05, 4.69) is 51.9 Å². The molecule has 6 heteroatoms. The number of hydrogen-bond acceptors (Lipinski definition) is 4. The van der Waals surface area contributed by atoms with Crippen molar-refractivity contribution in [1.82, 2.24) is 10.2 Å². The first-order valence-electron chi connectivity index (χ1n) is 10.9. The minimum absolute atomic E-state index is 0.0238. The van der Waals surface area contributed by atoms with E-state index in [9.17, 15) is 9.59 Å². The lowest BCUT2D eigenvalue weighted by molar-refractivity contribution is -0.137. The van der Waals surface area contributed by atoms with Crippen molar-refractivity contribution in [3.8, 4) is 0 Å². The molecule has 0 aromatic rings. The minimum atomic E-state index is -0.762. The van der Waals surface area contributed by atoms with Crippen LogP contribution in [0.1, 0.15) is 98.8 Å². The largest absolute Gasteiger partial charge is 0.481 e.